The molecule has 7 heteroatoms. The van der Waals surface area contributed by atoms with Crippen LogP contribution in [0.4, 0.5) is 13.6 Å². The number of hydrogen-bond acceptors (Lipinski definition) is 3. The number of hydrogen-bond donors (Lipinski definition) is 2. The first-order chi connectivity index (χ1) is 8.68. The Hall–Kier alpha value is -1.76. The molecule has 0 spiro atoms. The van der Waals surface area contributed by atoms with Crippen LogP contribution in [0.25, 0.3) is 0 Å². The van der Waals surface area contributed by atoms with E-state index in [0.29, 0.717) is 13.0 Å². The second kappa shape index (κ2) is 8.35. The number of carbonyl (C=O) groups is 1. The summed E-state index contributed by atoms with van der Waals surface area (Å²) in [4.78, 5) is 15.2. The fourth-order valence-corrected chi connectivity index (χ4v) is 1.19. The maximum Gasteiger partial charge on any atom is 0.345 e. The van der Waals surface area contributed by atoms with Crippen LogP contribution >= 0.6 is 0 Å². The molecule has 0 aliphatic carbocycles. The molecule has 1 aromatic heterocycles. The fraction of sp³-hybridized carbons (Fsp3) is 0.455. The van der Waals surface area contributed by atoms with E-state index < -0.39 is 6.61 Å². The van der Waals surface area contributed by atoms with Crippen molar-refractivity contribution in [2.75, 3.05) is 13.2 Å². The third kappa shape index (κ3) is 6.74. The summed E-state index contributed by atoms with van der Waals surface area (Å²) in [5.41, 5.74) is 0.883. The number of alkyl halides is 2. The largest absolute Gasteiger partial charge is 0.345 e. The Morgan fingerprint density at radius 2 is 2.28 bits per heavy atom. The van der Waals surface area contributed by atoms with Crippen molar-refractivity contribution in [3.63, 3.8) is 0 Å². The summed E-state index contributed by atoms with van der Waals surface area (Å²) in [6.45, 7) is -2.19. The van der Waals surface area contributed by atoms with Gasteiger partial charge in [0.15, 0.2) is 0 Å². The highest BCUT2D eigenvalue weighted by molar-refractivity contribution is 5.73. The number of rotatable bonds is 7. The highest BCUT2D eigenvalue weighted by Crippen LogP contribution is 1.95. The van der Waals surface area contributed by atoms with E-state index in [4.69, 9.17) is 0 Å². The van der Waals surface area contributed by atoms with Gasteiger partial charge in [0.2, 0.25) is 0 Å². The van der Waals surface area contributed by atoms with E-state index in [1.807, 2.05) is 6.07 Å². The number of nitrogens with zero attached hydrogens (tertiary/aromatic N) is 1. The Balaban J connectivity index is 2.04. The Bertz CT molecular complexity index is 349. The number of aromatic nitrogens is 1. The minimum absolute atomic E-state index is 0.0828. The lowest BCUT2D eigenvalue weighted by Crippen LogP contribution is -2.35. The van der Waals surface area contributed by atoms with Crippen molar-refractivity contribution in [3.05, 3.63) is 30.1 Å². The maximum absolute atomic E-state index is 11.6. The summed E-state index contributed by atoms with van der Waals surface area (Å²) in [7, 11) is 0. The molecule has 0 bridgehead atoms. The second-order valence-corrected chi connectivity index (χ2v) is 3.46. The van der Waals surface area contributed by atoms with Gasteiger partial charge in [-0.1, -0.05) is 6.07 Å². The Kier molecular flexibility index (Phi) is 6.63. The van der Waals surface area contributed by atoms with Gasteiger partial charge in [-0.05, 0) is 18.1 Å². The first-order valence-corrected chi connectivity index (χ1v) is 5.49. The summed E-state index contributed by atoms with van der Waals surface area (Å²) in [6, 6.07) is 3.26. The third-order valence-corrected chi connectivity index (χ3v) is 2.03. The van der Waals surface area contributed by atoms with Crippen LogP contribution < -0.4 is 10.6 Å². The quantitative estimate of drug-likeness (QED) is 0.729. The summed E-state index contributed by atoms with van der Waals surface area (Å²) < 4.78 is 27.2. The number of urea groups is 1. The molecule has 0 atom stereocenters. The van der Waals surface area contributed by atoms with Gasteiger partial charge in [-0.2, -0.15) is 8.78 Å². The van der Waals surface area contributed by atoms with Crippen LogP contribution in [0.1, 0.15) is 12.0 Å². The van der Waals surface area contributed by atoms with Gasteiger partial charge in [-0.3, -0.25) is 4.98 Å². The number of pyridine rings is 1. The molecule has 100 valence electrons. The molecule has 0 aliphatic heterocycles. The molecule has 1 heterocycles. The monoisotopic (exact) mass is 259 g/mol. The minimum Gasteiger partial charge on any atom is -0.338 e. The number of halogens is 2. The van der Waals surface area contributed by atoms with E-state index >= 15 is 0 Å². The molecule has 0 aliphatic rings. The number of nitrogens with one attached hydrogen (secondary N) is 2. The lowest BCUT2D eigenvalue weighted by Gasteiger charge is -2.07. The number of carbonyl (C=O) groups excluding carboxylic acids is 1. The first-order valence-electron chi connectivity index (χ1n) is 5.49. The Labute approximate surface area is 104 Å². The number of ether oxygens (including phenoxy) is 1. The van der Waals surface area contributed by atoms with Crippen molar-refractivity contribution in [1.82, 2.24) is 15.6 Å². The van der Waals surface area contributed by atoms with Gasteiger partial charge in [0.1, 0.15) is 0 Å². The van der Waals surface area contributed by atoms with E-state index in [-0.39, 0.29) is 19.2 Å². The predicted molar refractivity (Wildman–Crippen MR) is 61.0 cm³/mol. The highest BCUT2D eigenvalue weighted by atomic mass is 19.3. The van der Waals surface area contributed by atoms with Crippen molar-refractivity contribution in [2.24, 2.45) is 0 Å². The molecule has 0 unspecified atom stereocenters. The van der Waals surface area contributed by atoms with Crippen molar-refractivity contribution >= 4 is 6.03 Å². The lowest BCUT2D eigenvalue weighted by molar-refractivity contribution is -0.128. The van der Waals surface area contributed by atoms with Gasteiger partial charge in [0.05, 0.1) is 6.61 Å². The van der Waals surface area contributed by atoms with Crippen LogP contribution in [-0.4, -0.2) is 30.8 Å². The second-order valence-electron chi connectivity index (χ2n) is 3.46. The molecule has 0 saturated heterocycles. The average molecular weight is 259 g/mol. The predicted octanol–water partition coefficient (Wildman–Crippen LogP) is 1.51. The maximum atomic E-state index is 11.6. The van der Waals surface area contributed by atoms with Gasteiger partial charge in [0, 0.05) is 25.5 Å². The molecular weight excluding hydrogens is 244 g/mol. The van der Waals surface area contributed by atoms with Crippen LogP contribution in [0.3, 0.4) is 0 Å². The average Bonchev–Trinajstić information content (AvgIpc) is 2.37. The molecule has 0 radical (unpaired) electrons. The van der Waals surface area contributed by atoms with Crippen LogP contribution in [0.2, 0.25) is 0 Å². The van der Waals surface area contributed by atoms with E-state index in [9.17, 15) is 13.6 Å². The summed E-state index contributed by atoms with van der Waals surface area (Å²) >= 11 is 0. The van der Waals surface area contributed by atoms with Crippen LogP contribution in [0.5, 0.6) is 0 Å². The summed E-state index contributed by atoms with van der Waals surface area (Å²) in [6.07, 6.45) is 3.63. The zero-order valence-electron chi connectivity index (χ0n) is 9.73. The topological polar surface area (TPSA) is 63.2 Å². The van der Waals surface area contributed by atoms with Crippen molar-refractivity contribution in [3.8, 4) is 0 Å². The smallest absolute Gasteiger partial charge is 0.338 e. The van der Waals surface area contributed by atoms with Gasteiger partial charge < -0.3 is 15.4 Å². The lowest BCUT2D eigenvalue weighted by atomic mass is 10.3. The van der Waals surface area contributed by atoms with Crippen LogP contribution in [-0.2, 0) is 11.3 Å². The van der Waals surface area contributed by atoms with Crippen molar-refractivity contribution < 1.29 is 18.3 Å². The molecule has 1 aromatic rings. The zero-order chi connectivity index (χ0) is 13.2. The number of amides is 2. The van der Waals surface area contributed by atoms with E-state index in [1.165, 1.54) is 0 Å². The SMILES string of the molecule is O=C(NCCCOC(F)F)NCc1cccnc1. The molecule has 1 rings (SSSR count). The summed E-state index contributed by atoms with van der Waals surface area (Å²) in [5, 5.41) is 5.15. The third-order valence-electron chi connectivity index (χ3n) is 2.03. The van der Waals surface area contributed by atoms with Gasteiger partial charge in [0.25, 0.3) is 0 Å². The van der Waals surface area contributed by atoms with E-state index in [1.54, 1.807) is 18.5 Å². The molecule has 0 saturated carbocycles. The van der Waals surface area contributed by atoms with Gasteiger partial charge >= 0.3 is 12.6 Å². The van der Waals surface area contributed by atoms with Crippen molar-refractivity contribution in [2.45, 2.75) is 19.6 Å². The molecule has 18 heavy (non-hydrogen) atoms. The molecule has 2 N–H and O–H groups in total. The van der Waals surface area contributed by atoms with E-state index in [0.717, 1.165) is 5.56 Å². The molecule has 0 aromatic carbocycles. The van der Waals surface area contributed by atoms with Crippen molar-refractivity contribution in [1.29, 1.82) is 0 Å². The molecular formula is C11H15F2N3O2. The fourth-order valence-electron chi connectivity index (χ4n) is 1.19. The first kappa shape index (κ1) is 14.3. The molecule has 5 nitrogen and oxygen atoms in total. The highest BCUT2D eigenvalue weighted by Gasteiger charge is 2.02. The molecule has 2 amide bonds. The standard InChI is InChI=1S/C11H15F2N3O2/c12-10(13)18-6-2-5-15-11(17)16-8-9-3-1-4-14-7-9/h1,3-4,7,10H,2,5-6,8H2,(H2,15,16,17). The normalized spacial score (nSPS) is 10.4. The summed E-state index contributed by atoms with van der Waals surface area (Å²) in [5.74, 6) is 0. The van der Waals surface area contributed by atoms with Crippen LogP contribution in [0.15, 0.2) is 24.5 Å². The van der Waals surface area contributed by atoms with Crippen LogP contribution in [0, 0.1) is 0 Å². The molecule has 0 fully saturated rings. The van der Waals surface area contributed by atoms with E-state index in [2.05, 4.69) is 20.4 Å². The van der Waals surface area contributed by atoms with Gasteiger partial charge in [-0.25, -0.2) is 4.79 Å². The van der Waals surface area contributed by atoms with Gasteiger partial charge in [-0.15, -0.1) is 0 Å². The Morgan fingerprint density at radius 3 is 2.94 bits per heavy atom. The minimum atomic E-state index is -2.76. The Morgan fingerprint density at radius 1 is 1.44 bits per heavy atom. The zero-order valence-corrected chi connectivity index (χ0v) is 9.73.